The minimum Gasteiger partial charge on any atom is -0.493 e. The summed E-state index contributed by atoms with van der Waals surface area (Å²) in [6.07, 6.45) is 6.28. The highest BCUT2D eigenvalue weighted by molar-refractivity contribution is 5.76. The van der Waals surface area contributed by atoms with E-state index in [9.17, 15) is 4.79 Å². The standard InChI is InChI=1S/C20H32N2O4/c1-24-17-14-16(15-18(25-2)20(17)26-3)8-9-19(23)21-10-13-22-11-6-4-5-7-12-22/h14-15H,4-13H2,1-3H3,(H,21,23). The number of hydrogen-bond donors (Lipinski definition) is 1. The Labute approximate surface area is 156 Å². The van der Waals surface area contributed by atoms with E-state index in [1.807, 2.05) is 12.1 Å². The van der Waals surface area contributed by atoms with E-state index in [0.717, 1.165) is 25.2 Å². The Morgan fingerprint density at radius 1 is 1.00 bits per heavy atom. The van der Waals surface area contributed by atoms with Gasteiger partial charge in [0.05, 0.1) is 21.3 Å². The van der Waals surface area contributed by atoms with Crippen LogP contribution in [0.1, 0.15) is 37.7 Å². The normalized spacial score (nSPS) is 15.2. The molecule has 0 bridgehead atoms. The first kappa shape index (κ1) is 20.4. The molecule has 0 aromatic heterocycles. The van der Waals surface area contributed by atoms with Crippen LogP contribution in [-0.2, 0) is 11.2 Å². The minimum absolute atomic E-state index is 0.0774. The molecule has 0 unspecified atom stereocenters. The molecule has 1 aliphatic heterocycles. The predicted molar refractivity (Wildman–Crippen MR) is 102 cm³/mol. The largest absolute Gasteiger partial charge is 0.493 e. The van der Waals surface area contributed by atoms with E-state index >= 15 is 0 Å². The summed E-state index contributed by atoms with van der Waals surface area (Å²) in [7, 11) is 4.77. The zero-order valence-corrected chi connectivity index (χ0v) is 16.3. The molecule has 0 atom stereocenters. The van der Waals surface area contributed by atoms with Crippen molar-refractivity contribution in [2.75, 3.05) is 47.5 Å². The zero-order valence-electron chi connectivity index (χ0n) is 16.3. The van der Waals surface area contributed by atoms with E-state index in [0.29, 0.717) is 36.6 Å². The number of ether oxygens (including phenoxy) is 3. The van der Waals surface area contributed by atoms with Crippen LogP contribution >= 0.6 is 0 Å². The number of benzene rings is 1. The average Bonchev–Trinajstić information content (AvgIpc) is 2.94. The second-order valence-corrected chi connectivity index (χ2v) is 6.64. The molecule has 1 aromatic rings. The molecule has 1 aromatic carbocycles. The van der Waals surface area contributed by atoms with Crippen molar-refractivity contribution in [1.82, 2.24) is 10.2 Å². The van der Waals surface area contributed by atoms with Crippen molar-refractivity contribution in [3.8, 4) is 17.2 Å². The number of nitrogens with zero attached hydrogens (tertiary/aromatic N) is 1. The van der Waals surface area contributed by atoms with E-state index in [4.69, 9.17) is 14.2 Å². The molecule has 0 radical (unpaired) electrons. The summed E-state index contributed by atoms with van der Waals surface area (Å²) in [5, 5.41) is 3.03. The first-order valence-corrected chi connectivity index (χ1v) is 9.46. The molecule has 1 N–H and O–H groups in total. The Morgan fingerprint density at radius 3 is 2.15 bits per heavy atom. The van der Waals surface area contributed by atoms with Crippen molar-refractivity contribution in [1.29, 1.82) is 0 Å². The maximum absolute atomic E-state index is 12.1. The predicted octanol–water partition coefficient (Wildman–Crippen LogP) is 2.64. The van der Waals surface area contributed by atoms with Gasteiger partial charge in [-0.3, -0.25) is 4.79 Å². The monoisotopic (exact) mass is 364 g/mol. The highest BCUT2D eigenvalue weighted by atomic mass is 16.5. The van der Waals surface area contributed by atoms with Crippen LogP contribution in [0, 0.1) is 0 Å². The lowest BCUT2D eigenvalue weighted by Crippen LogP contribution is -2.35. The number of rotatable bonds is 9. The number of nitrogens with one attached hydrogen (secondary N) is 1. The Hall–Kier alpha value is -1.95. The molecule has 2 rings (SSSR count). The molecule has 6 nitrogen and oxygen atoms in total. The van der Waals surface area contributed by atoms with Crippen LogP contribution in [0.2, 0.25) is 0 Å². The molecule has 26 heavy (non-hydrogen) atoms. The highest BCUT2D eigenvalue weighted by Gasteiger charge is 2.14. The molecule has 0 saturated carbocycles. The van der Waals surface area contributed by atoms with E-state index in [-0.39, 0.29) is 5.91 Å². The number of methoxy groups -OCH3 is 3. The first-order chi connectivity index (χ1) is 12.7. The van der Waals surface area contributed by atoms with Gasteiger partial charge in [-0.25, -0.2) is 0 Å². The van der Waals surface area contributed by atoms with Gasteiger partial charge in [0.15, 0.2) is 11.5 Å². The smallest absolute Gasteiger partial charge is 0.220 e. The van der Waals surface area contributed by atoms with Crippen molar-refractivity contribution in [2.24, 2.45) is 0 Å². The van der Waals surface area contributed by atoms with Crippen molar-refractivity contribution in [3.63, 3.8) is 0 Å². The SMILES string of the molecule is COc1cc(CCC(=O)NCCN2CCCCCC2)cc(OC)c1OC. The number of carbonyl (C=O) groups is 1. The molecule has 1 heterocycles. The quantitative estimate of drug-likeness (QED) is 0.730. The van der Waals surface area contributed by atoms with Crippen LogP contribution in [0.15, 0.2) is 12.1 Å². The molecule has 0 spiro atoms. The first-order valence-electron chi connectivity index (χ1n) is 9.46. The Morgan fingerprint density at radius 2 is 1.62 bits per heavy atom. The average molecular weight is 364 g/mol. The van der Waals surface area contributed by atoms with Gasteiger partial charge in [-0.15, -0.1) is 0 Å². The summed E-state index contributed by atoms with van der Waals surface area (Å²) in [6, 6.07) is 3.79. The number of hydrogen-bond acceptors (Lipinski definition) is 5. The second-order valence-electron chi connectivity index (χ2n) is 6.64. The topological polar surface area (TPSA) is 60.0 Å². The molecular weight excluding hydrogens is 332 g/mol. The van der Waals surface area contributed by atoms with E-state index in [1.165, 1.54) is 25.7 Å². The Kier molecular flexibility index (Phi) is 8.54. The molecule has 6 heteroatoms. The third kappa shape index (κ3) is 6.09. The van der Waals surface area contributed by atoms with Gasteiger partial charge < -0.3 is 24.4 Å². The molecule has 146 valence electrons. The van der Waals surface area contributed by atoms with Gasteiger partial charge in [-0.1, -0.05) is 12.8 Å². The lowest BCUT2D eigenvalue weighted by molar-refractivity contribution is -0.121. The number of aryl methyl sites for hydroxylation is 1. The molecule has 1 aliphatic rings. The lowest BCUT2D eigenvalue weighted by atomic mass is 10.1. The zero-order chi connectivity index (χ0) is 18.8. The van der Waals surface area contributed by atoms with Gasteiger partial charge in [0.1, 0.15) is 0 Å². The summed E-state index contributed by atoms with van der Waals surface area (Å²) in [4.78, 5) is 14.6. The summed E-state index contributed by atoms with van der Waals surface area (Å²) >= 11 is 0. The maximum Gasteiger partial charge on any atom is 0.220 e. The van der Waals surface area contributed by atoms with E-state index in [2.05, 4.69) is 10.2 Å². The summed E-state index contributed by atoms with van der Waals surface area (Å²) in [5.74, 6) is 1.88. The van der Waals surface area contributed by atoms with E-state index < -0.39 is 0 Å². The molecule has 1 saturated heterocycles. The summed E-state index contributed by atoms with van der Waals surface area (Å²) in [6.45, 7) is 3.96. The van der Waals surface area contributed by atoms with Crippen molar-refractivity contribution < 1.29 is 19.0 Å². The molecular formula is C20H32N2O4. The van der Waals surface area contributed by atoms with Crippen LogP contribution in [0.4, 0.5) is 0 Å². The van der Waals surface area contributed by atoms with Gasteiger partial charge in [0.2, 0.25) is 11.7 Å². The van der Waals surface area contributed by atoms with E-state index in [1.54, 1.807) is 21.3 Å². The fourth-order valence-corrected chi connectivity index (χ4v) is 3.34. The van der Waals surface area contributed by atoms with Crippen molar-refractivity contribution in [2.45, 2.75) is 38.5 Å². The third-order valence-corrected chi connectivity index (χ3v) is 4.81. The van der Waals surface area contributed by atoms with Crippen LogP contribution < -0.4 is 19.5 Å². The van der Waals surface area contributed by atoms with Gasteiger partial charge in [0.25, 0.3) is 0 Å². The van der Waals surface area contributed by atoms with Crippen molar-refractivity contribution >= 4 is 5.91 Å². The number of carbonyl (C=O) groups excluding carboxylic acids is 1. The highest BCUT2D eigenvalue weighted by Crippen LogP contribution is 2.38. The summed E-state index contributed by atoms with van der Waals surface area (Å²) in [5.41, 5.74) is 0.988. The Balaban J connectivity index is 1.79. The van der Waals surface area contributed by atoms with Crippen molar-refractivity contribution in [3.05, 3.63) is 17.7 Å². The number of amides is 1. The van der Waals surface area contributed by atoms with Crippen LogP contribution in [-0.4, -0.2) is 58.3 Å². The minimum atomic E-state index is 0.0774. The van der Waals surface area contributed by atoms with Gasteiger partial charge in [-0.05, 0) is 50.0 Å². The molecule has 0 aliphatic carbocycles. The Bertz CT molecular complexity index is 544. The molecule has 1 fully saturated rings. The fraction of sp³-hybridized carbons (Fsp3) is 0.650. The summed E-state index contributed by atoms with van der Waals surface area (Å²) < 4.78 is 16.0. The second kappa shape index (κ2) is 10.9. The van der Waals surface area contributed by atoms with Gasteiger partial charge in [-0.2, -0.15) is 0 Å². The fourth-order valence-electron chi connectivity index (χ4n) is 3.34. The molecule has 1 amide bonds. The number of likely N-dealkylation sites (tertiary alicyclic amines) is 1. The third-order valence-electron chi connectivity index (χ3n) is 4.81. The lowest BCUT2D eigenvalue weighted by Gasteiger charge is -2.19. The van der Waals surface area contributed by atoms with Crippen LogP contribution in [0.5, 0.6) is 17.2 Å². The van der Waals surface area contributed by atoms with Crippen LogP contribution in [0.3, 0.4) is 0 Å². The van der Waals surface area contributed by atoms with Gasteiger partial charge >= 0.3 is 0 Å². The van der Waals surface area contributed by atoms with Gasteiger partial charge in [0, 0.05) is 19.5 Å². The maximum atomic E-state index is 12.1. The van der Waals surface area contributed by atoms with Crippen LogP contribution in [0.25, 0.3) is 0 Å².